The predicted octanol–water partition coefficient (Wildman–Crippen LogP) is 1.80. The molecule has 1 aliphatic heterocycles. The van der Waals surface area contributed by atoms with Crippen LogP contribution in [0.25, 0.3) is 0 Å². The van der Waals surface area contributed by atoms with Crippen LogP contribution in [0.5, 0.6) is 11.5 Å². The van der Waals surface area contributed by atoms with E-state index in [9.17, 15) is 4.79 Å². The Bertz CT molecular complexity index is 447. The van der Waals surface area contributed by atoms with E-state index in [1.807, 2.05) is 25.1 Å². The molecule has 0 spiro atoms. The summed E-state index contributed by atoms with van der Waals surface area (Å²) in [5, 5.41) is 11.9. The van der Waals surface area contributed by atoms with Gasteiger partial charge in [0, 0.05) is 19.0 Å². The Morgan fingerprint density at radius 1 is 1.37 bits per heavy atom. The van der Waals surface area contributed by atoms with Gasteiger partial charge in [0.2, 0.25) is 0 Å². The number of rotatable bonds is 6. The highest BCUT2D eigenvalue weighted by molar-refractivity contribution is 5.66. The molecule has 0 saturated heterocycles. The molecule has 2 N–H and O–H groups in total. The van der Waals surface area contributed by atoms with E-state index < -0.39 is 5.97 Å². The fourth-order valence-electron chi connectivity index (χ4n) is 1.93. The SMILES string of the molecule is CC(CCC(=O)O)NCc1ccc2c(c1)OCCO2. The van der Waals surface area contributed by atoms with Crippen LogP contribution in [0.15, 0.2) is 18.2 Å². The first kappa shape index (κ1) is 13.7. The van der Waals surface area contributed by atoms with E-state index in [1.165, 1.54) is 0 Å². The predicted molar refractivity (Wildman–Crippen MR) is 70.6 cm³/mol. The second-order valence-electron chi connectivity index (χ2n) is 4.69. The van der Waals surface area contributed by atoms with Crippen LogP contribution in [-0.4, -0.2) is 30.3 Å². The lowest BCUT2D eigenvalue weighted by Gasteiger charge is -2.19. The summed E-state index contributed by atoms with van der Waals surface area (Å²) in [6.07, 6.45) is 0.815. The lowest BCUT2D eigenvalue weighted by molar-refractivity contribution is -0.137. The van der Waals surface area contributed by atoms with Crippen LogP contribution in [-0.2, 0) is 11.3 Å². The zero-order chi connectivity index (χ0) is 13.7. The lowest BCUT2D eigenvalue weighted by Crippen LogP contribution is -2.26. The molecule has 1 atom stereocenters. The average molecular weight is 265 g/mol. The zero-order valence-corrected chi connectivity index (χ0v) is 11.0. The molecular weight excluding hydrogens is 246 g/mol. The van der Waals surface area contributed by atoms with E-state index >= 15 is 0 Å². The van der Waals surface area contributed by atoms with Crippen LogP contribution >= 0.6 is 0 Å². The molecule has 0 aliphatic carbocycles. The monoisotopic (exact) mass is 265 g/mol. The Labute approximate surface area is 112 Å². The third-order valence-electron chi connectivity index (χ3n) is 3.05. The maximum Gasteiger partial charge on any atom is 0.303 e. The van der Waals surface area contributed by atoms with Gasteiger partial charge in [0.1, 0.15) is 13.2 Å². The Kier molecular flexibility index (Phi) is 4.63. The van der Waals surface area contributed by atoms with Crippen molar-refractivity contribution in [3.8, 4) is 11.5 Å². The molecule has 0 fully saturated rings. The molecule has 0 saturated carbocycles. The van der Waals surface area contributed by atoms with Gasteiger partial charge in [-0.05, 0) is 31.0 Å². The minimum atomic E-state index is -0.757. The van der Waals surface area contributed by atoms with Gasteiger partial charge < -0.3 is 19.9 Å². The maximum atomic E-state index is 10.5. The van der Waals surface area contributed by atoms with Crippen molar-refractivity contribution in [3.63, 3.8) is 0 Å². The Balaban J connectivity index is 1.84. The van der Waals surface area contributed by atoms with Crippen molar-refractivity contribution in [2.45, 2.75) is 32.4 Å². The summed E-state index contributed by atoms with van der Waals surface area (Å²) < 4.78 is 11.0. The number of benzene rings is 1. The van der Waals surface area contributed by atoms with E-state index in [-0.39, 0.29) is 12.5 Å². The third-order valence-corrected chi connectivity index (χ3v) is 3.05. The van der Waals surface area contributed by atoms with Gasteiger partial charge in [-0.3, -0.25) is 4.79 Å². The summed E-state index contributed by atoms with van der Waals surface area (Å²) >= 11 is 0. The van der Waals surface area contributed by atoms with Crippen molar-refractivity contribution in [3.05, 3.63) is 23.8 Å². The molecule has 1 aromatic carbocycles. The molecule has 104 valence electrons. The summed E-state index contributed by atoms with van der Waals surface area (Å²) in [6.45, 7) is 3.86. The van der Waals surface area contributed by atoms with E-state index in [0.717, 1.165) is 17.1 Å². The Morgan fingerprint density at radius 2 is 2.11 bits per heavy atom. The zero-order valence-electron chi connectivity index (χ0n) is 11.0. The maximum absolute atomic E-state index is 10.5. The van der Waals surface area contributed by atoms with Crippen LogP contribution in [0.3, 0.4) is 0 Å². The van der Waals surface area contributed by atoms with Crippen LogP contribution in [0.2, 0.25) is 0 Å². The van der Waals surface area contributed by atoms with Gasteiger partial charge in [-0.1, -0.05) is 6.07 Å². The van der Waals surface area contributed by atoms with Gasteiger partial charge in [-0.25, -0.2) is 0 Å². The van der Waals surface area contributed by atoms with Crippen LogP contribution < -0.4 is 14.8 Å². The van der Waals surface area contributed by atoms with Gasteiger partial charge in [-0.15, -0.1) is 0 Å². The quantitative estimate of drug-likeness (QED) is 0.821. The molecule has 1 heterocycles. The number of nitrogens with one attached hydrogen (secondary N) is 1. The fourth-order valence-corrected chi connectivity index (χ4v) is 1.93. The summed E-state index contributed by atoms with van der Waals surface area (Å²) in [4.78, 5) is 10.5. The average Bonchev–Trinajstić information content (AvgIpc) is 2.42. The number of aliphatic carboxylic acids is 1. The van der Waals surface area contributed by atoms with Gasteiger partial charge in [0.15, 0.2) is 11.5 Å². The lowest BCUT2D eigenvalue weighted by atomic mass is 10.1. The number of carboxylic acid groups (broad SMARTS) is 1. The first-order chi connectivity index (χ1) is 9.15. The van der Waals surface area contributed by atoms with Crippen molar-refractivity contribution in [2.24, 2.45) is 0 Å². The molecule has 1 aliphatic rings. The summed E-state index contributed by atoms with van der Waals surface area (Å²) in [5.74, 6) is 0.811. The van der Waals surface area contributed by atoms with Gasteiger partial charge in [-0.2, -0.15) is 0 Å². The van der Waals surface area contributed by atoms with Crippen molar-refractivity contribution in [2.75, 3.05) is 13.2 Å². The molecule has 19 heavy (non-hydrogen) atoms. The smallest absolute Gasteiger partial charge is 0.303 e. The fraction of sp³-hybridized carbons (Fsp3) is 0.500. The Hall–Kier alpha value is -1.75. The summed E-state index contributed by atoms with van der Waals surface area (Å²) in [5.41, 5.74) is 1.10. The molecule has 0 radical (unpaired) electrons. The first-order valence-electron chi connectivity index (χ1n) is 6.49. The second-order valence-corrected chi connectivity index (χ2v) is 4.69. The molecule has 2 rings (SSSR count). The first-order valence-corrected chi connectivity index (χ1v) is 6.49. The number of ether oxygens (including phenoxy) is 2. The number of hydrogen-bond donors (Lipinski definition) is 2. The second kappa shape index (κ2) is 6.43. The molecule has 0 aromatic heterocycles. The molecule has 0 amide bonds. The Morgan fingerprint density at radius 3 is 2.84 bits per heavy atom. The van der Waals surface area contributed by atoms with Crippen LogP contribution in [0.4, 0.5) is 0 Å². The highest BCUT2D eigenvalue weighted by Crippen LogP contribution is 2.30. The number of carboxylic acids is 1. The minimum Gasteiger partial charge on any atom is -0.486 e. The van der Waals surface area contributed by atoms with Crippen molar-refractivity contribution >= 4 is 5.97 Å². The number of fused-ring (bicyclic) bond motifs is 1. The van der Waals surface area contributed by atoms with E-state index in [2.05, 4.69) is 5.32 Å². The van der Waals surface area contributed by atoms with Gasteiger partial charge >= 0.3 is 5.97 Å². The van der Waals surface area contributed by atoms with E-state index in [4.69, 9.17) is 14.6 Å². The minimum absolute atomic E-state index is 0.171. The van der Waals surface area contributed by atoms with Crippen LogP contribution in [0.1, 0.15) is 25.3 Å². The van der Waals surface area contributed by atoms with Crippen molar-refractivity contribution < 1.29 is 19.4 Å². The van der Waals surface area contributed by atoms with Crippen molar-refractivity contribution in [1.29, 1.82) is 0 Å². The molecular formula is C14H19NO4. The largest absolute Gasteiger partial charge is 0.486 e. The molecule has 1 aromatic rings. The van der Waals surface area contributed by atoms with Crippen molar-refractivity contribution in [1.82, 2.24) is 5.32 Å². The number of carbonyl (C=O) groups is 1. The summed E-state index contributed by atoms with van der Waals surface area (Å²) in [7, 11) is 0. The molecule has 5 nitrogen and oxygen atoms in total. The normalized spacial score (nSPS) is 15.0. The van der Waals surface area contributed by atoms with Crippen LogP contribution in [0, 0.1) is 0 Å². The summed E-state index contributed by atoms with van der Waals surface area (Å²) in [6, 6.07) is 6.03. The highest BCUT2D eigenvalue weighted by Gasteiger charge is 2.12. The molecule has 0 bridgehead atoms. The van der Waals surface area contributed by atoms with Gasteiger partial charge in [0.05, 0.1) is 0 Å². The molecule has 5 heteroatoms. The van der Waals surface area contributed by atoms with Gasteiger partial charge in [0.25, 0.3) is 0 Å². The number of hydrogen-bond acceptors (Lipinski definition) is 4. The topological polar surface area (TPSA) is 67.8 Å². The molecule has 1 unspecified atom stereocenters. The van der Waals surface area contributed by atoms with E-state index in [1.54, 1.807) is 0 Å². The standard InChI is InChI=1S/C14H19NO4/c1-10(2-5-14(16)17)15-9-11-3-4-12-13(8-11)19-7-6-18-12/h3-4,8,10,15H,2,5-7,9H2,1H3,(H,16,17). The highest BCUT2D eigenvalue weighted by atomic mass is 16.6. The third kappa shape index (κ3) is 4.13. The van der Waals surface area contributed by atoms with E-state index in [0.29, 0.717) is 26.2 Å².